The number of nitrogens with one attached hydrogen (secondary N) is 1. The summed E-state index contributed by atoms with van der Waals surface area (Å²) < 4.78 is 0. The molecular formula is C7H19NO2. The average molecular weight is 149 g/mol. The van der Waals surface area contributed by atoms with Crippen molar-refractivity contribution in [1.29, 1.82) is 0 Å². The molecule has 3 N–H and O–H groups in total. The molecule has 0 amide bonds. The minimum atomic E-state index is -0.481. The van der Waals surface area contributed by atoms with Gasteiger partial charge in [0.1, 0.15) is 0 Å². The van der Waals surface area contributed by atoms with E-state index < -0.39 is 6.10 Å². The summed E-state index contributed by atoms with van der Waals surface area (Å²) in [7, 11) is 1.70. The zero-order valence-electron chi connectivity index (χ0n) is 7.26. The molecule has 10 heavy (non-hydrogen) atoms. The Labute approximate surface area is 63.1 Å². The smallest absolute Gasteiger partial charge is 0.0687 e. The van der Waals surface area contributed by atoms with E-state index in [0.29, 0.717) is 0 Å². The molecule has 3 heteroatoms. The minimum absolute atomic E-state index is 0.0197. The van der Waals surface area contributed by atoms with Crippen LogP contribution in [0, 0.1) is 0 Å². The minimum Gasteiger partial charge on any atom is -0.395 e. The largest absolute Gasteiger partial charge is 0.395 e. The highest BCUT2D eigenvalue weighted by Gasteiger charge is 2.08. The molecule has 0 aliphatic carbocycles. The van der Waals surface area contributed by atoms with Crippen molar-refractivity contribution in [3.05, 3.63) is 0 Å². The van der Waals surface area contributed by atoms with Crippen molar-refractivity contribution in [1.82, 2.24) is 5.32 Å². The van der Waals surface area contributed by atoms with Gasteiger partial charge in [-0.3, -0.25) is 0 Å². The lowest BCUT2D eigenvalue weighted by atomic mass is 10.2. The van der Waals surface area contributed by atoms with Crippen LogP contribution in [0.4, 0.5) is 0 Å². The number of hydrogen-bond donors (Lipinski definition) is 3. The number of likely N-dealkylation sites (N-methyl/N-ethyl adjacent to an activating group) is 1. The average Bonchev–Trinajstić information content (AvgIpc) is 1.94. The molecule has 0 bridgehead atoms. The maximum Gasteiger partial charge on any atom is 0.0687 e. The lowest BCUT2D eigenvalue weighted by Gasteiger charge is -2.14. The molecule has 0 fully saturated rings. The van der Waals surface area contributed by atoms with Crippen LogP contribution >= 0.6 is 0 Å². The monoisotopic (exact) mass is 149 g/mol. The quantitative estimate of drug-likeness (QED) is 0.528. The Morgan fingerprint density at radius 2 is 1.80 bits per heavy atom. The van der Waals surface area contributed by atoms with Gasteiger partial charge in [0.25, 0.3) is 0 Å². The van der Waals surface area contributed by atoms with Gasteiger partial charge in [-0.05, 0) is 14.0 Å². The summed E-state index contributed by atoms with van der Waals surface area (Å²) in [5.41, 5.74) is 0. The molecular weight excluding hydrogens is 130 g/mol. The van der Waals surface area contributed by atoms with Crippen molar-refractivity contribution in [2.75, 3.05) is 13.7 Å². The molecule has 0 aliphatic heterocycles. The van der Waals surface area contributed by atoms with Crippen molar-refractivity contribution >= 4 is 0 Å². The van der Waals surface area contributed by atoms with E-state index in [1.54, 1.807) is 14.0 Å². The lowest BCUT2D eigenvalue weighted by molar-refractivity contribution is 0.108. The van der Waals surface area contributed by atoms with Gasteiger partial charge in [0.2, 0.25) is 0 Å². The molecule has 0 spiro atoms. The fourth-order valence-electron chi connectivity index (χ4n) is 0.485. The molecule has 2 unspecified atom stereocenters. The molecule has 0 aromatic rings. The Kier molecular flexibility index (Phi) is 11.1. The maximum atomic E-state index is 8.79. The van der Waals surface area contributed by atoms with E-state index in [9.17, 15) is 0 Å². The second-order valence-corrected chi connectivity index (χ2v) is 1.82. The molecule has 0 aromatic carbocycles. The van der Waals surface area contributed by atoms with Gasteiger partial charge in [0.15, 0.2) is 0 Å². The molecule has 0 aromatic heterocycles. The first kappa shape index (κ1) is 12.5. The molecule has 0 rings (SSSR count). The van der Waals surface area contributed by atoms with Crippen LogP contribution in [0.2, 0.25) is 0 Å². The molecule has 0 heterocycles. The van der Waals surface area contributed by atoms with Crippen LogP contribution in [0.1, 0.15) is 20.8 Å². The van der Waals surface area contributed by atoms with E-state index in [4.69, 9.17) is 10.2 Å². The summed E-state index contributed by atoms with van der Waals surface area (Å²) >= 11 is 0. The maximum absolute atomic E-state index is 8.79. The van der Waals surface area contributed by atoms with E-state index in [1.807, 2.05) is 13.8 Å². The highest BCUT2D eigenvalue weighted by Crippen LogP contribution is 1.87. The number of aliphatic hydroxyl groups excluding tert-OH is 2. The second kappa shape index (κ2) is 8.88. The van der Waals surface area contributed by atoms with Crippen LogP contribution < -0.4 is 5.32 Å². The Balaban J connectivity index is 0. The van der Waals surface area contributed by atoms with Gasteiger partial charge in [0, 0.05) is 0 Å². The van der Waals surface area contributed by atoms with Gasteiger partial charge < -0.3 is 15.5 Å². The molecule has 3 nitrogen and oxygen atoms in total. The summed E-state index contributed by atoms with van der Waals surface area (Å²) in [5.74, 6) is 0. The molecule has 0 radical (unpaired) electrons. The van der Waals surface area contributed by atoms with Gasteiger partial charge in [-0.1, -0.05) is 13.8 Å². The number of aliphatic hydroxyl groups is 2. The third-order valence-corrected chi connectivity index (χ3v) is 1.15. The first-order valence-electron chi connectivity index (χ1n) is 3.68. The predicted octanol–water partition coefficient (Wildman–Crippen LogP) is -0.0263. The fourth-order valence-corrected chi connectivity index (χ4v) is 0.485. The summed E-state index contributed by atoms with van der Waals surface area (Å²) in [4.78, 5) is 0. The topological polar surface area (TPSA) is 52.5 Å². The predicted molar refractivity (Wildman–Crippen MR) is 43.0 cm³/mol. The zero-order chi connectivity index (χ0) is 8.57. The van der Waals surface area contributed by atoms with Gasteiger partial charge in [0.05, 0.1) is 18.8 Å². The Morgan fingerprint density at radius 1 is 1.40 bits per heavy atom. The van der Waals surface area contributed by atoms with E-state index >= 15 is 0 Å². The van der Waals surface area contributed by atoms with Crippen molar-refractivity contribution in [3.8, 4) is 0 Å². The molecule has 2 atom stereocenters. The van der Waals surface area contributed by atoms with Crippen molar-refractivity contribution in [3.63, 3.8) is 0 Å². The SMILES string of the molecule is CC.CNC(CO)C(C)O. The Bertz CT molecular complexity index is 53.6. The number of rotatable bonds is 3. The molecule has 64 valence electrons. The van der Waals surface area contributed by atoms with E-state index in [2.05, 4.69) is 5.32 Å². The van der Waals surface area contributed by atoms with Crippen molar-refractivity contribution in [2.24, 2.45) is 0 Å². The van der Waals surface area contributed by atoms with E-state index in [-0.39, 0.29) is 12.6 Å². The third-order valence-electron chi connectivity index (χ3n) is 1.15. The van der Waals surface area contributed by atoms with Crippen LogP contribution in [0.3, 0.4) is 0 Å². The molecule has 0 saturated carbocycles. The van der Waals surface area contributed by atoms with E-state index in [1.165, 1.54) is 0 Å². The number of hydrogen-bond acceptors (Lipinski definition) is 3. The van der Waals surface area contributed by atoms with Crippen molar-refractivity contribution in [2.45, 2.75) is 32.9 Å². The standard InChI is InChI=1S/C5H13NO2.C2H6/c1-4(8)5(3-7)6-2;1-2/h4-8H,3H2,1-2H3;1-2H3. The van der Waals surface area contributed by atoms with Crippen molar-refractivity contribution < 1.29 is 10.2 Å². The first-order chi connectivity index (χ1) is 4.72. The van der Waals surface area contributed by atoms with Crippen LogP contribution in [0.25, 0.3) is 0 Å². The van der Waals surface area contributed by atoms with Crippen LogP contribution in [0.15, 0.2) is 0 Å². The normalized spacial score (nSPS) is 15.0. The summed E-state index contributed by atoms with van der Waals surface area (Å²) in [5, 5.41) is 20.0. The van der Waals surface area contributed by atoms with Crippen LogP contribution in [-0.2, 0) is 0 Å². The Morgan fingerprint density at radius 3 is 1.80 bits per heavy atom. The highest BCUT2D eigenvalue weighted by molar-refractivity contribution is 4.67. The molecule has 0 saturated heterocycles. The van der Waals surface area contributed by atoms with Gasteiger partial charge >= 0.3 is 0 Å². The second-order valence-electron chi connectivity index (χ2n) is 1.82. The Hall–Kier alpha value is -0.120. The summed E-state index contributed by atoms with van der Waals surface area (Å²) in [6, 6.07) is -0.185. The zero-order valence-corrected chi connectivity index (χ0v) is 7.26. The fraction of sp³-hybridized carbons (Fsp3) is 1.00. The van der Waals surface area contributed by atoms with Crippen LogP contribution in [-0.4, -0.2) is 36.0 Å². The highest BCUT2D eigenvalue weighted by atomic mass is 16.3. The van der Waals surface area contributed by atoms with Crippen LogP contribution in [0.5, 0.6) is 0 Å². The first-order valence-corrected chi connectivity index (χ1v) is 3.68. The summed E-state index contributed by atoms with van der Waals surface area (Å²) in [6.07, 6.45) is -0.481. The third kappa shape index (κ3) is 6.01. The van der Waals surface area contributed by atoms with Gasteiger partial charge in [-0.15, -0.1) is 0 Å². The summed E-state index contributed by atoms with van der Waals surface area (Å²) in [6.45, 7) is 5.62. The van der Waals surface area contributed by atoms with E-state index in [0.717, 1.165) is 0 Å². The van der Waals surface area contributed by atoms with Gasteiger partial charge in [-0.2, -0.15) is 0 Å². The molecule has 0 aliphatic rings. The lowest BCUT2D eigenvalue weighted by Crippen LogP contribution is -2.38. The van der Waals surface area contributed by atoms with Gasteiger partial charge in [-0.25, -0.2) is 0 Å².